The van der Waals surface area contributed by atoms with Gasteiger partial charge in [0.1, 0.15) is 23.9 Å². The highest BCUT2D eigenvalue weighted by Crippen LogP contribution is 2.51. The third-order valence-corrected chi connectivity index (χ3v) is 12.5. The van der Waals surface area contributed by atoms with Crippen LogP contribution >= 0.6 is 0 Å². The molecular weight excluding hydrogens is 597 g/mol. The second kappa shape index (κ2) is 12.8. The zero-order valence-corrected chi connectivity index (χ0v) is 28.2. The molecule has 0 fully saturated rings. The van der Waals surface area contributed by atoms with Crippen LogP contribution in [0, 0.1) is 0 Å². The van der Waals surface area contributed by atoms with Gasteiger partial charge in [-0.15, -0.1) is 0 Å². The summed E-state index contributed by atoms with van der Waals surface area (Å²) in [5.74, 6) is 1.87. The molecule has 10 heteroatoms. The van der Waals surface area contributed by atoms with E-state index in [9.17, 15) is 13.5 Å². The normalized spacial score (nSPS) is 12.0. The molecule has 0 aliphatic heterocycles. The number of aromatic hydroxyl groups is 1. The molecule has 0 aliphatic rings. The fourth-order valence-electron chi connectivity index (χ4n) is 4.38. The summed E-state index contributed by atoms with van der Waals surface area (Å²) in [6.07, 6.45) is 0.982. The van der Waals surface area contributed by atoms with Crippen LogP contribution in [0.4, 0.5) is 0 Å². The third kappa shape index (κ3) is 7.49. The van der Waals surface area contributed by atoms with Gasteiger partial charge >= 0.3 is 10.1 Å². The lowest BCUT2D eigenvalue weighted by Crippen LogP contribution is -2.43. The summed E-state index contributed by atoms with van der Waals surface area (Å²) in [6, 6.07) is 23.7. The van der Waals surface area contributed by atoms with Crippen molar-refractivity contribution in [3.63, 3.8) is 0 Å². The van der Waals surface area contributed by atoms with E-state index in [0.717, 1.165) is 11.8 Å². The third-order valence-electron chi connectivity index (χ3n) is 7.70. The molecular formula is C34H40O8SSi. The molecule has 0 amide bonds. The minimum absolute atomic E-state index is 0.0632. The first kappa shape index (κ1) is 32.8. The summed E-state index contributed by atoms with van der Waals surface area (Å²) in [7, 11) is -2.94. The standard InChI is InChI=1S/C34H40O8SSi/c1-34(2,3)44(7,8)42-29-20-25(16-19-28(29)40-22-23-12-10-9-11-13-23)31-30(38-4)21-27(33(39-5)32(31)35)24-14-17-26(18-15-24)41-43(6,36)37/h9-21,35H,22H2,1-8H3. The van der Waals surface area contributed by atoms with Crippen LogP contribution in [0.15, 0.2) is 78.9 Å². The van der Waals surface area contributed by atoms with Crippen LogP contribution in [0.5, 0.6) is 34.5 Å². The van der Waals surface area contributed by atoms with Gasteiger partial charge in [-0.1, -0.05) is 69.3 Å². The van der Waals surface area contributed by atoms with Crippen LogP contribution in [-0.2, 0) is 16.7 Å². The predicted octanol–water partition coefficient (Wildman–Crippen LogP) is 8.04. The number of benzene rings is 4. The predicted molar refractivity (Wildman–Crippen MR) is 176 cm³/mol. The average Bonchev–Trinajstić information content (AvgIpc) is 2.95. The molecule has 4 aromatic rings. The van der Waals surface area contributed by atoms with Crippen molar-refractivity contribution in [3.05, 3.63) is 84.4 Å². The molecule has 0 atom stereocenters. The van der Waals surface area contributed by atoms with Crippen molar-refractivity contribution in [2.45, 2.75) is 45.5 Å². The van der Waals surface area contributed by atoms with Gasteiger partial charge in [0.15, 0.2) is 17.2 Å². The first-order chi connectivity index (χ1) is 20.6. The molecule has 8 nitrogen and oxygen atoms in total. The molecule has 0 heterocycles. The summed E-state index contributed by atoms with van der Waals surface area (Å²) >= 11 is 0. The van der Waals surface area contributed by atoms with Crippen LogP contribution in [0.25, 0.3) is 22.3 Å². The summed E-state index contributed by atoms with van der Waals surface area (Å²) in [5, 5.41) is 11.5. The van der Waals surface area contributed by atoms with E-state index in [1.54, 1.807) is 18.2 Å². The van der Waals surface area contributed by atoms with E-state index in [-0.39, 0.29) is 22.3 Å². The Kier molecular flexibility index (Phi) is 9.55. The van der Waals surface area contributed by atoms with Crippen LogP contribution in [0.3, 0.4) is 0 Å². The fraction of sp³-hybridized carbons (Fsp3) is 0.294. The second-order valence-electron chi connectivity index (χ2n) is 12.0. The van der Waals surface area contributed by atoms with Gasteiger partial charge in [-0.2, -0.15) is 8.42 Å². The van der Waals surface area contributed by atoms with E-state index < -0.39 is 18.4 Å². The highest BCUT2D eigenvalue weighted by Gasteiger charge is 2.39. The Morgan fingerprint density at radius 2 is 1.43 bits per heavy atom. The second-order valence-corrected chi connectivity index (χ2v) is 18.3. The zero-order chi connectivity index (χ0) is 32.3. The van der Waals surface area contributed by atoms with Crippen LogP contribution < -0.4 is 22.8 Å². The molecule has 0 saturated heterocycles. The fourth-order valence-corrected chi connectivity index (χ4v) is 5.85. The van der Waals surface area contributed by atoms with Gasteiger partial charge in [-0.3, -0.25) is 0 Å². The molecule has 1 N–H and O–H groups in total. The monoisotopic (exact) mass is 636 g/mol. The summed E-state index contributed by atoms with van der Waals surface area (Å²) < 4.78 is 52.5. The molecule has 0 spiro atoms. The molecule has 4 aromatic carbocycles. The number of phenolic OH excluding ortho intramolecular Hbond substituents is 1. The van der Waals surface area contributed by atoms with Crippen molar-refractivity contribution in [1.82, 2.24) is 0 Å². The Hall–Kier alpha value is -4.15. The van der Waals surface area contributed by atoms with Crippen LogP contribution in [0.2, 0.25) is 18.1 Å². The van der Waals surface area contributed by atoms with Crippen LogP contribution in [-0.4, -0.2) is 42.3 Å². The topological polar surface area (TPSA) is 101 Å². The zero-order valence-electron chi connectivity index (χ0n) is 26.4. The lowest BCUT2D eigenvalue weighted by Gasteiger charge is -2.37. The van der Waals surface area contributed by atoms with Gasteiger partial charge in [0, 0.05) is 5.56 Å². The Bertz CT molecular complexity index is 1710. The van der Waals surface area contributed by atoms with Crippen molar-refractivity contribution in [2.24, 2.45) is 0 Å². The van der Waals surface area contributed by atoms with Crippen molar-refractivity contribution in [1.29, 1.82) is 0 Å². The lowest BCUT2D eigenvalue weighted by molar-refractivity contribution is 0.294. The number of hydrogen-bond donors (Lipinski definition) is 1. The first-order valence-electron chi connectivity index (χ1n) is 14.1. The van der Waals surface area contributed by atoms with E-state index in [4.69, 9.17) is 22.8 Å². The summed E-state index contributed by atoms with van der Waals surface area (Å²) in [4.78, 5) is 0. The van der Waals surface area contributed by atoms with E-state index in [1.165, 1.54) is 26.4 Å². The molecule has 234 valence electrons. The first-order valence-corrected chi connectivity index (χ1v) is 18.8. The Morgan fingerprint density at radius 1 is 0.795 bits per heavy atom. The Labute approximate surface area is 261 Å². The van der Waals surface area contributed by atoms with Crippen molar-refractivity contribution >= 4 is 18.4 Å². The SMILES string of the molecule is COc1cc(-c2ccc(OS(C)(=O)=O)cc2)c(OC)c(O)c1-c1ccc(OCc2ccccc2)c(O[Si](C)(C)C(C)(C)C)c1. The highest BCUT2D eigenvalue weighted by atomic mass is 32.2. The average molecular weight is 637 g/mol. The maximum Gasteiger partial charge on any atom is 0.306 e. The highest BCUT2D eigenvalue weighted by molar-refractivity contribution is 7.86. The van der Waals surface area contributed by atoms with Gasteiger partial charge in [0.05, 0.1) is 26.0 Å². The number of phenols is 1. The van der Waals surface area contributed by atoms with Gasteiger partial charge in [-0.25, -0.2) is 0 Å². The summed E-state index contributed by atoms with van der Waals surface area (Å²) in [5.41, 5.74) is 3.33. The van der Waals surface area contributed by atoms with Crippen molar-refractivity contribution in [3.8, 4) is 56.8 Å². The van der Waals surface area contributed by atoms with Gasteiger partial charge < -0.3 is 27.9 Å². The number of ether oxygens (including phenoxy) is 3. The van der Waals surface area contributed by atoms with Gasteiger partial charge in [0.2, 0.25) is 0 Å². The summed E-state index contributed by atoms with van der Waals surface area (Å²) in [6.45, 7) is 11.2. The van der Waals surface area contributed by atoms with E-state index in [0.29, 0.717) is 46.1 Å². The maximum atomic E-state index is 11.6. The van der Waals surface area contributed by atoms with Crippen molar-refractivity contribution < 1.29 is 36.3 Å². The number of hydrogen-bond acceptors (Lipinski definition) is 8. The molecule has 4 rings (SSSR count). The molecule has 44 heavy (non-hydrogen) atoms. The smallest absolute Gasteiger partial charge is 0.306 e. The van der Waals surface area contributed by atoms with E-state index >= 15 is 0 Å². The Balaban J connectivity index is 1.81. The van der Waals surface area contributed by atoms with Gasteiger partial charge in [0.25, 0.3) is 8.32 Å². The van der Waals surface area contributed by atoms with Gasteiger partial charge in [-0.05, 0) is 65.2 Å². The maximum absolute atomic E-state index is 11.6. The quantitative estimate of drug-likeness (QED) is 0.130. The molecule has 0 unspecified atom stereocenters. The van der Waals surface area contributed by atoms with E-state index in [2.05, 4.69) is 33.9 Å². The Morgan fingerprint density at radius 3 is 2.00 bits per heavy atom. The minimum atomic E-state index is -3.67. The van der Waals surface area contributed by atoms with E-state index in [1.807, 2.05) is 48.5 Å². The lowest BCUT2D eigenvalue weighted by atomic mass is 9.96. The van der Waals surface area contributed by atoms with Crippen LogP contribution in [0.1, 0.15) is 26.3 Å². The van der Waals surface area contributed by atoms with Crippen molar-refractivity contribution in [2.75, 3.05) is 20.5 Å². The largest absolute Gasteiger partial charge is 0.541 e. The number of methoxy groups -OCH3 is 2. The molecule has 0 aromatic heterocycles. The molecule has 0 bridgehead atoms. The molecule has 0 radical (unpaired) electrons. The molecule has 0 aliphatic carbocycles. The minimum Gasteiger partial charge on any atom is -0.541 e. The number of rotatable bonds is 11. The molecule has 0 saturated carbocycles.